The Morgan fingerprint density at radius 1 is 1.15 bits per heavy atom. The molecule has 0 radical (unpaired) electrons. The summed E-state index contributed by atoms with van der Waals surface area (Å²) in [5.74, 6) is 0. The van der Waals surface area contributed by atoms with E-state index >= 15 is 0 Å². The van der Waals surface area contributed by atoms with Crippen LogP contribution >= 0.6 is 11.6 Å². The van der Waals surface area contributed by atoms with Crippen molar-refractivity contribution in [2.24, 2.45) is 0 Å². The Morgan fingerprint density at radius 3 is 2.75 bits per heavy atom. The van der Waals surface area contributed by atoms with E-state index in [9.17, 15) is 0 Å². The van der Waals surface area contributed by atoms with Gasteiger partial charge in [-0.05, 0) is 56.9 Å². The van der Waals surface area contributed by atoms with E-state index in [4.69, 9.17) is 11.6 Å². The normalized spacial score (nSPS) is 25.1. The van der Waals surface area contributed by atoms with E-state index in [1.54, 1.807) is 6.20 Å². The Bertz CT molecular complexity index is 431. The van der Waals surface area contributed by atoms with Crippen molar-refractivity contribution < 1.29 is 0 Å². The molecule has 0 unspecified atom stereocenters. The smallest absolute Gasteiger partial charge is 0.0634 e. The molecule has 2 saturated heterocycles. The minimum Gasteiger partial charge on any atom is -0.302 e. The zero-order valence-electron chi connectivity index (χ0n) is 12.1. The lowest BCUT2D eigenvalue weighted by molar-refractivity contribution is 0.106. The molecular formula is C16H24ClN3. The third-order valence-corrected chi connectivity index (χ3v) is 4.99. The molecule has 0 bridgehead atoms. The highest BCUT2D eigenvalue weighted by Crippen LogP contribution is 2.24. The molecule has 0 aromatic carbocycles. The van der Waals surface area contributed by atoms with Gasteiger partial charge in [0.15, 0.2) is 0 Å². The average molecular weight is 294 g/mol. The molecule has 0 aliphatic carbocycles. The maximum Gasteiger partial charge on any atom is 0.0634 e. The van der Waals surface area contributed by atoms with Gasteiger partial charge in [0.1, 0.15) is 0 Å². The van der Waals surface area contributed by atoms with Gasteiger partial charge in [-0.3, -0.25) is 9.88 Å². The van der Waals surface area contributed by atoms with Crippen molar-refractivity contribution in [3.8, 4) is 0 Å². The Labute approximate surface area is 126 Å². The molecule has 0 N–H and O–H groups in total. The van der Waals surface area contributed by atoms with Crippen LogP contribution in [0.15, 0.2) is 18.5 Å². The molecule has 0 saturated carbocycles. The molecule has 0 amide bonds. The fourth-order valence-corrected chi connectivity index (χ4v) is 3.67. The van der Waals surface area contributed by atoms with E-state index in [0.29, 0.717) is 6.04 Å². The molecule has 2 aliphatic heterocycles. The predicted molar refractivity (Wildman–Crippen MR) is 83.0 cm³/mol. The molecule has 4 heteroatoms. The second kappa shape index (κ2) is 6.88. The summed E-state index contributed by atoms with van der Waals surface area (Å²) in [6.45, 7) is 6.00. The topological polar surface area (TPSA) is 19.4 Å². The first-order valence-corrected chi connectivity index (χ1v) is 8.25. The van der Waals surface area contributed by atoms with E-state index in [1.165, 1.54) is 63.8 Å². The molecule has 3 nitrogen and oxygen atoms in total. The summed E-state index contributed by atoms with van der Waals surface area (Å²) >= 11 is 6.26. The number of likely N-dealkylation sites (tertiary alicyclic amines) is 2. The van der Waals surface area contributed by atoms with Gasteiger partial charge in [-0.1, -0.05) is 18.0 Å². The van der Waals surface area contributed by atoms with Gasteiger partial charge in [0.05, 0.1) is 5.02 Å². The fraction of sp³-hybridized carbons (Fsp3) is 0.688. The highest BCUT2D eigenvalue weighted by molar-refractivity contribution is 6.31. The number of nitrogens with zero attached hydrogens (tertiary/aromatic N) is 3. The summed E-state index contributed by atoms with van der Waals surface area (Å²) in [4.78, 5) is 9.35. The Kier molecular flexibility index (Phi) is 4.92. The highest BCUT2D eigenvalue weighted by Gasteiger charge is 2.26. The second-order valence-electron chi connectivity index (χ2n) is 6.09. The second-order valence-corrected chi connectivity index (χ2v) is 6.50. The summed E-state index contributed by atoms with van der Waals surface area (Å²) in [5.41, 5.74) is 1.22. The molecule has 1 aromatic rings. The fourth-order valence-electron chi connectivity index (χ4n) is 3.49. The number of aromatic nitrogens is 1. The molecule has 20 heavy (non-hydrogen) atoms. The molecule has 1 aromatic heterocycles. The number of halogens is 1. The lowest BCUT2D eigenvalue weighted by Crippen LogP contribution is -2.45. The van der Waals surface area contributed by atoms with E-state index < -0.39 is 0 Å². The lowest BCUT2D eigenvalue weighted by Gasteiger charge is -2.38. The molecule has 0 spiro atoms. The third-order valence-electron chi connectivity index (χ3n) is 4.65. The number of hydrogen-bond acceptors (Lipinski definition) is 3. The Balaban J connectivity index is 1.64. The monoisotopic (exact) mass is 293 g/mol. The van der Waals surface area contributed by atoms with Crippen molar-refractivity contribution >= 4 is 11.6 Å². The van der Waals surface area contributed by atoms with Crippen molar-refractivity contribution in [3.05, 3.63) is 29.0 Å². The van der Waals surface area contributed by atoms with Crippen LogP contribution in [0.3, 0.4) is 0 Å². The summed E-state index contributed by atoms with van der Waals surface area (Å²) in [6, 6.07) is 2.76. The number of piperidine rings is 1. The van der Waals surface area contributed by atoms with Gasteiger partial charge in [-0.25, -0.2) is 0 Å². The Hall–Kier alpha value is -0.640. The van der Waals surface area contributed by atoms with Crippen molar-refractivity contribution in [1.29, 1.82) is 0 Å². The molecule has 3 rings (SSSR count). The molecule has 2 aliphatic rings. The molecule has 2 fully saturated rings. The minimum absolute atomic E-state index is 0.700. The molecule has 1 atom stereocenters. The molecule has 110 valence electrons. The van der Waals surface area contributed by atoms with Crippen molar-refractivity contribution in [1.82, 2.24) is 14.8 Å². The first-order chi connectivity index (χ1) is 9.83. The number of pyridine rings is 1. The van der Waals surface area contributed by atoms with E-state index in [0.717, 1.165) is 11.6 Å². The van der Waals surface area contributed by atoms with Gasteiger partial charge in [0.2, 0.25) is 0 Å². The van der Waals surface area contributed by atoms with Crippen molar-refractivity contribution in [2.45, 2.75) is 44.7 Å². The maximum absolute atomic E-state index is 6.26. The first-order valence-electron chi connectivity index (χ1n) is 7.88. The maximum atomic E-state index is 6.26. The van der Waals surface area contributed by atoms with E-state index in [1.807, 2.05) is 6.20 Å². The van der Waals surface area contributed by atoms with Crippen molar-refractivity contribution in [3.63, 3.8) is 0 Å². The minimum atomic E-state index is 0.700. The summed E-state index contributed by atoms with van der Waals surface area (Å²) in [6.07, 6.45) is 10.4. The third kappa shape index (κ3) is 3.51. The van der Waals surface area contributed by atoms with Gasteiger partial charge in [-0.15, -0.1) is 0 Å². The van der Waals surface area contributed by atoms with Crippen LogP contribution in [0.25, 0.3) is 0 Å². The average Bonchev–Trinajstić information content (AvgIpc) is 2.96. The number of rotatable bonds is 4. The zero-order valence-corrected chi connectivity index (χ0v) is 12.9. The zero-order chi connectivity index (χ0) is 13.8. The lowest BCUT2D eigenvalue weighted by atomic mass is 10.0. The van der Waals surface area contributed by atoms with E-state index in [2.05, 4.69) is 20.9 Å². The van der Waals surface area contributed by atoms with Gasteiger partial charge in [-0.2, -0.15) is 0 Å². The summed E-state index contributed by atoms with van der Waals surface area (Å²) < 4.78 is 0. The van der Waals surface area contributed by atoms with Crippen LogP contribution in [0.4, 0.5) is 0 Å². The largest absolute Gasteiger partial charge is 0.302 e. The van der Waals surface area contributed by atoms with Crippen LogP contribution in [0, 0.1) is 0 Å². The SMILES string of the molecule is Clc1cnccc1CN1CCCC[C@@H]1CN1CCCC1. The van der Waals surface area contributed by atoms with Crippen LogP contribution in [0.5, 0.6) is 0 Å². The molecule has 3 heterocycles. The van der Waals surface area contributed by atoms with Crippen molar-refractivity contribution in [2.75, 3.05) is 26.2 Å². The highest BCUT2D eigenvalue weighted by atomic mass is 35.5. The van der Waals surface area contributed by atoms with Crippen LogP contribution in [0.2, 0.25) is 5.02 Å². The van der Waals surface area contributed by atoms with Gasteiger partial charge in [0, 0.05) is 31.5 Å². The molecular weight excluding hydrogens is 270 g/mol. The quantitative estimate of drug-likeness (QED) is 0.850. The summed E-state index contributed by atoms with van der Waals surface area (Å²) in [7, 11) is 0. The van der Waals surface area contributed by atoms with Gasteiger partial charge in [0.25, 0.3) is 0 Å². The number of hydrogen-bond donors (Lipinski definition) is 0. The van der Waals surface area contributed by atoms with Gasteiger partial charge < -0.3 is 4.90 Å². The Morgan fingerprint density at radius 2 is 1.95 bits per heavy atom. The van der Waals surface area contributed by atoms with Gasteiger partial charge >= 0.3 is 0 Å². The van der Waals surface area contributed by atoms with Crippen LogP contribution in [0.1, 0.15) is 37.7 Å². The van der Waals surface area contributed by atoms with Crippen LogP contribution < -0.4 is 0 Å². The predicted octanol–water partition coefficient (Wildman–Crippen LogP) is 3.19. The van der Waals surface area contributed by atoms with E-state index in [-0.39, 0.29) is 0 Å². The summed E-state index contributed by atoms with van der Waals surface area (Å²) in [5, 5.41) is 0.804. The first kappa shape index (κ1) is 14.3. The van der Waals surface area contributed by atoms with Crippen LogP contribution in [-0.2, 0) is 6.54 Å². The van der Waals surface area contributed by atoms with Crippen LogP contribution in [-0.4, -0.2) is 47.0 Å². The standard InChI is InChI=1S/C16H24ClN3/c17-16-11-18-7-6-14(16)12-20-10-2-1-5-15(20)13-19-8-3-4-9-19/h6-7,11,15H,1-5,8-10,12-13H2/t15-/m1/s1.